The van der Waals surface area contributed by atoms with Gasteiger partial charge in [-0.1, -0.05) is 5.18 Å². The highest BCUT2D eigenvalue weighted by molar-refractivity contribution is 4.63. The van der Waals surface area contributed by atoms with E-state index in [1.807, 2.05) is 9.80 Å². The lowest BCUT2D eigenvalue weighted by Crippen LogP contribution is -2.39. The normalized spacial score (nSPS) is 11.4. The third-order valence-electron chi connectivity index (χ3n) is 2.97. The van der Waals surface area contributed by atoms with Gasteiger partial charge in [-0.3, -0.25) is 9.80 Å². The van der Waals surface area contributed by atoms with Crippen LogP contribution in [0.3, 0.4) is 0 Å². The number of hydrogen-bond acceptors (Lipinski definition) is 8. The molecule has 0 unspecified atom stereocenters. The largest absolute Gasteiger partial charge is 0.395 e. The van der Waals surface area contributed by atoms with Crippen LogP contribution >= 0.6 is 0 Å². The SMILES string of the molecule is O=NCCN(CCO)CCNCCN(CCO)CCO. The van der Waals surface area contributed by atoms with E-state index >= 15 is 0 Å². The molecule has 120 valence electrons. The Morgan fingerprint density at radius 1 is 0.750 bits per heavy atom. The molecule has 0 aliphatic carbocycles. The molecular weight excluding hydrogens is 264 g/mol. The number of aliphatic hydroxyl groups is 3. The molecule has 0 aromatic carbocycles. The zero-order valence-corrected chi connectivity index (χ0v) is 12.1. The minimum atomic E-state index is 0.0691. The first-order valence-corrected chi connectivity index (χ1v) is 7.05. The number of aliphatic hydroxyl groups excluding tert-OH is 3. The Morgan fingerprint density at radius 2 is 1.20 bits per heavy atom. The summed E-state index contributed by atoms with van der Waals surface area (Å²) in [7, 11) is 0. The fraction of sp³-hybridized carbons (Fsp3) is 1.00. The van der Waals surface area contributed by atoms with Gasteiger partial charge in [0.1, 0.15) is 0 Å². The summed E-state index contributed by atoms with van der Waals surface area (Å²) in [4.78, 5) is 14.0. The quantitative estimate of drug-likeness (QED) is 0.203. The van der Waals surface area contributed by atoms with Crippen LogP contribution < -0.4 is 5.32 Å². The molecule has 0 aromatic heterocycles. The second-order valence-corrected chi connectivity index (χ2v) is 4.46. The Balaban J connectivity index is 3.66. The molecule has 0 aliphatic heterocycles. The topological polar surface area (TPSA) is 109 Å². The van der Waals surface area contributed by atoms with Crippen LogP contribution in [0.1, 0.15) is 0 Å². The molecule has 20 heavy (non-hydrogen) atoms. The molecule has 8 heteroatoms. The minimum Gasteiger partial charge on any atom is -0.395 e. The molecule has 0 saturated heterocycles. The van der Waals surface area contributed by atoms with Crippen molar-refractivity contribution in [3.05, 3.63) is 4.91 Å². The molecule has 0 heterocycles. The fourth-order valence-corrected chi connectivity index (χ4v) is 1.88. The summed E-state index contributed by atoms with van der Waals surface area (Å²) in [5, 5.41) is 32.7. The standard InChI is InChI=1S/C12H28N4O4/c17-10-7-15(6-3-14-20)4-1-13-2-5-16(8-11-18)9-12-19/h13,17-19H,1-12H2. The first-order chi connectivity index (χ1) is 9.78. The molecule has 0 spiro atoms. The first kappa shape index (κ1) is 19.4. The second kappa shape index (κ2) is 14.8. The molecule has 0 rings (SSSR count). The van der Waals surface area contributed by atoms with Crippen LogP contribution in [0.15, 0.2) is 5.18 Å². The molecule has 0 aromatic rings. The van der Waals surface area contributed by atoms with Gasteiger partial charge in [-0.15, -0.1) is 0 Å². The van der Waals surface area contributed by atoms with Gasteiger partial charge in [-0.25, -0.2) is 0 Å². The van der Waals surface area contributed by atoms with Gasteiger partial charge in [0.25, 0.3) is 0 Å². The Hall–Kier alpha value is -0.640. The van der Waals surface area contributed by atoms with E-state index in [0.29, 0.717) is 26.2 Å². The molecule has 4 N–H and O–H groups in total. The van der Waals surface area contributed by atoms with Crippen molar-refractivity contribution in [2.45, 2.75) is 0 Å². The van der Waals surface area contributed by atoms with E-state index in [-0.39, 0.29) is 26.4 Å². The number of rotatable bonds is 15. The summed E-state index contributed by atoms with van der Waals surface area (Å²) >= 11 is 0. The van der Waals surface area contributed by atoms with Gasteiger partial charge in [0, 0.05) is 52.4 Å². The van der Waals surface area contributed by atoms with Crippen molar-refractivity contribution in [2.24, 2.45) is 5.18 Å². The van der Waals surface area contributed by atoms with Gasteiger partial charge in [-0.2, -0.15) is 4.91 Å². The van der Waals surface area contributed by atoms with Gasteiger partial charge >= 0.3 is 0 Å². The molecule has 0 saturated carbocycles. The van der Waals surface area contributed by atoms with Gasteiger partial charge in [-0.05, 0) is 0 Å². The highest BCUT2D eigenvalue weighted by Crippen LogP contribution is 1.88. The highest BCUT2D eigenvalue weighted by atomic mass is 16.3. The van der Waals surface area contributed by atoms with E-state index in [1.54, 1.807) is 0 Å². The third-order valence-corrected chi connectivity index (χ3v) is 2.97. The Labute approximate surface area is 120 Å². The zero-order valence-electron chi connectivity index (χ0n) is 12.1. The van der Waals surface area contributed by atoms with E-state index in [0.717, 1.165) is 26.2 Å². The van der Waals surface area contributed by atoms with Crippen LogP contribution in [0.2, 0.25) is 0 Å². The molecule has 0 atom stereocenters. The predicted molar refractivity (Wildman–Crippen MR) is 77.7 cm³/mol. The van der Waals surface area contributed by atoms with E-state index in [9.17, 15) is 4.91 Å². The maximum Gasteiger partial charge on any atom is 0.0938 e. The molecule has 8 nitrogen and oxygen atoms in total. The molecule has 0 fully saturated rings. The van der Waals surface area contributed by atoms with Crippen molar-refractivity contribution in [3.8, 4) is 0 Å². The summed E-state index contributed by atoms with van der Waals surface area (Å²) in [5.41, 5.74) is 0. The fourth-order valence-electron chi connectivity index (χ4n) is 1.88. The van der Waals surface area contributed by atoms with Gasteiger partial charge in [0.15, 0.2) is 0 Å². The molecular formula is C12H28N4O4. The van der Waals surface area contributed by atoms with Crippen molar-refractivity contribution in [3.63, 3.8) is 0 Å². The van der Waals surface area contributed by atoms with Crippen molar-refractivity contribution >= 4 is 0 Å². The van der Waals surface area contributed by atoms with E-state index < -0.39 is 0 Å². The van der Waals surface area contributed by atoms with Gasteiger partial charge < -0.3 is 20.6 Å². The van der Waals surface area contributed by atoms with Crippen LogP contribution in [-0.4, -0.2) is 104 Å². The average molecular weight is 292 g/mol. The first-order valence-electron chi connectivity index (χ1n) is 7.05. The van der Waals surface area contributed by atoms with Gasteiger partial charge in [0.2, 0.25) is 0 Å². The maximum absolute atomic E-state index is 10.1. The lowest BCUT2D eigenvalue weighted by molar-refractivity contribution is 0.160. The molecule has 0 radical (unpaired) electrons. The highest BCUT2D eigenvalue weighted by Gasteiger charge is 2.05. The third kappa shape index (κ3) is 11.2. The number of nitrogens with one attached hydrogen (secondary N) is 1. The van der Waals surface area contributed by atoms with Gasteiger partial charge in [0.05, 0.1) is 26.4 Å². The molecule has 0 aliphatic rings. The summed E-state index contributed by atoms with van der Waals surface area (Å²) in [6.45, 7) is 5.72. The predicted octanol–water partition coefficient (Wildman–Crippen LogP) is -2.08. The van der Waals surface area contributed by atoms with E-state index in [1.165, 1.54) is 0 Å². The molecule has 0 amide bonds. The Morgan fingerprint density at radius 3 is 1.60 bits per heavy atom. The lowest BCUT2D eigenvalue weighted by atomic mass is 10.4. The van der Waals surface area contributed by atoms with Crippen LogP contribution in [-0.2, 0) is 0 Å². The van der Waals surface area contributed by atoms with Crippen LogP contribution in [0.25, 0.3) is 0 Å². The monoisotopic (exact) mass is 292 g/mol. The second-order valence-electron chi connectivity index (χ2n) is 4.46. The van der Waals surface area contributed by atoms with Crippen LogP contribution in [0.5, 0.6) is 0 Å². The average Bonchev–Trinajstić information content (AvgIpc) is 2.44. The summed E-state index contributed by atoms with van der Waals surface area (Å²) in [6, 6.07) is 0. The summed E-state index contributed by atoms with van der Waals surface area (Å²) in [6.07, 6.45) is 0. The van der Waals surface area contributed by atoms with E-state index in [4.69, 9.17) is 15.3 Å². The summed E-state index contributed by atoms with van der Waals surface area (Å²) in [5.74, 6) is 0. The van der Waals surface area contributed by atoms with Crippen molar-refractivity contribution in [1.29, 1.82) is 0 Å². The minimum absolute atomic E-state index is 0.0691. The number of hydrogen-bond donors (Lipinski definition) is 4. The Kier molecular flexibility index (Phi) is 14.3. The number of nitroso groups, excluding NO2 is 1. The smallest absolute Gasteiger partial charge is 0.0938 e. The van der Waals surface area contributed by atoms with E-state index in [2.05, 4.69) is 10.5 Å². The zero-order chi connectivity index (χ0) is 15.1. The van der Waals surface area contributed by atoms with Crippen molar-refractivity contribution < 1.29 is 15.3 Å². The maximum atomic E-state index is 10.1. The van der Waals surface area contributed by atoms with Crippen LogP contribution in [0, 0.1) is 4.91 Å². The summed E-state index contributed by atoms with van der Waals surface area (Å²) < 4.78 is 0. The lowest BCUT2D eigenvalue weighted by Gasteiger charge is -2.22. The van der Waals surface area contributed by atoms with Crippen molar-refractivity contribution in [2.75, 3.05) is 78.7 Å². The molecule has 0 bridgehead atoms. The van der Waals surface area contributed by atoms with Crippen LogP contribution in [0.4, 0.5) is 0 Å². The van der Waals surface area contributed by atoms with Crippen molar-refractivity contribution in [1.82, 2.24) is 15.1 Å². The Bertz CT molecular complexity index is 216. The number of nitrogens with zero attached hydrogens (tertiary/aromatic N) is 3.